The fraction of sp³-hybridized carbons (Fsp3) is 0.321. The maximum Gasteiger partial charge on any atom is 0.336 e. The standard InChI is InChI=1S/C28H34N2O7S/c1-35-22-11-6-10-21(14-22)17-30-18-27(25(29)15-20-8-4-3-5-9-20)37-28(32)26(31)19-38(33,34)24-13-7-12-23(16-24)36-2/h3-14,16,25-27,30-31H,15,17-19,29H2,1-2H3. The number of aliphatic hydroxyl groups excluding tert-OH is 1. The van der Waals surface area contributed by atoms with Crippen molar-refractivity contribution in [2.75, 3.05) is 26.5 Å². The van der Waals surface area contributed by atoms with Crippen molar-refractivity contribution >= 4 is 15.8 Å². The number of hydrogen-bond acceptors (Lipinski definition) is 9. The van der Waals surface area contributed by atoms with Crippen LogP contribution in [0.5, 0.6) is 11.5 Å². The van der Waals surface area contributed by atoms with E-state index in [0.717, 1.165) is 11.1 Å². The van der Waals surface area contributed by atoms with E-state index in [-0.39, 0.29) is 11.4 Å². The molecule has 0 saturated heterocycles. The Bertz CT molecular complexity index is 1290. The molecule has 0 bridgehead atoms. The Kier molecular flexibility index (Phi) is 10.7. The van der Waals surface area contributed by atoms with Gasteiger partial charge >= 0.3 is 5.97 Å². The van der Waals surface area contributed by atoms with Gasteiger partial charge in [0.05, 0.1) is 24.9 Å². The van der Waals surface area contributed by atoms with Crippen LogP contribution >= 0.6 is 0 Å². The van der Waals surface area contributed by atoms with E-state index in [9.17, 15) is 18.3 Å². The van der Waals surface area contributed by atoms with Gasteiger partial charge in [-0.2, -0.15) is 0 Å². The topological polar surface area (TPSA) is 137 Å². The predicted octanol–water partition coefficient (Wildman–Crippen LogP) is 2.11. The molecule has 0 aliphatic carbocycles. The largest absolute Gasteiger partial charge is 0.497 e. The molecule has 3 rings (SSSR count). The lowest BCUT2D eigenvalue weighted by molar-refractivity contribution is -0.158. The monoisotopic (exact) mass is 542 g/mol. The minimum Gasteiger partial charge on any atom is -0.497 e. The van der Waals surface area contributed by atoms with Crippen LogP contribution in [0.2, 0.25) is 0 Å². The number of aliphatic hydroxyl groups is 1. The lowest BCUT2D eigenvalue weighted by Gasteiger charge is -2.26. The lowest BCUT2D eigenvalue weighted by atomic mass is 10.0. The maximum absolute atomic E-state index is 12.8. The molecule has 0 aromatic heterocycles. The van der Waals surface area contributed by atoms with Gasteiger partial charge in [-0.3, -0.25) is 0 Å². The second kappa shape index (κ2) is 13.9. The molecule has 0 aliphatic heterocycles. The number of nitrogens with two attached hydrogens (primary N) is 1. The van der Waals surface area contributed by atoms with Crippen molar-refractivity contribution in [2.45, 2.75) is 36.1 Å². The lowest BCUT2D eigenvalue weighted by Crippen LogP contribution is -2.47. The van der Waals surface area contributed by atoms with Crippen LogP contribution in [-0.4, -0.2) is 64.3 Å². The van der Waals surface area contributed by atoms with Gasteiger partial charge in [0.1, 0.15) is 17.6 Å². The van der Waals surface area contributed by atoms with Gasteiger partial charge < -0.3 is 30.4 Å². The summed E-state index contributed by atoms with van der Waals surface area (Å²) in [6.07, 6.45) is -2.31. The summed E-state index contributed by atoms with van der Waals surface area (Å²) >= 11 is 0. The van der Waals surface area contributed by atoms with E-state index in [1.54, 1.807) is 13.2 Å². The zero-order chi connectivity index (χ0) is 27.5. The van der Waals surface area contributed by atoms with Crippen molar-refractivity contribution in [3.05, 3.63) is 90.0 Å². The number of ether oxygens (including phenoxy) is 3. The second-order valence-corrected chi connectivity index (χ2v) is 10.8. The molecule has 38 heavy (non-hydrogen) atoms. The molecular formula is C28H34N2O7S. The van der Waals surface area contributed by atoms with Gasteiger partial charge in [0, 0.05) is 19.1 Å². The predicted molar refractivity (Wildman–Crippen MR) is 144 cm³/mol. The number of nitrogens with one attached hydrogen (secondary N) is 1. The minimum absolute atomic E-state index is 0.0685. The molecule has 3 unspecified atom stereocenters. The van der Waals surface area contributed by atoms with Crippen molar-refractivity contribution < 1.29 is 32.5 Å². The maximum atomic E-state index is 12.8. The second-order valence-electron chi connectivity index (χ2n) is 8.79. The summed E-state index contributed by atoms with van der Waals surface area (Å²) in [5, 5.41) is 13.7. The highest BCUT2D eigenvalue weighted by atomic mass is 32.2. The Hall–Kier alpha value is -3.44. The Morgan fingerprint density at radius 2 is 1.55 bits per heavy atom. The van der Waals surface area contributed by atoms with E-state index < -0.39 is 39.8 Å². The molecule has 10 heteroatoms. The summed E-state index contributed by atoms with van der Waals surface area (Å²) in [7, 11) is -0.987. The molecule has 0 saturated carbocycles. The van der Waals surface area contributed by atoms with Gasteiger partial charge in [-0.1, -0.05) is 48.5 Å². The third kappa shape index (κ3) is 8.56. The van der Waals surface area contributed by atoms with Crippen LogP contribution in [0.25, 0.3) is 0 Å². The van der Waals surface area contributed by atoms with Crippen LogP contribution in [0.4, 0.5) is 0 Å². The van der Waals surface area contributed by atoms with E-state index in [4.69, 9.17) is 19.9 Å². The zero-order valence-corrected chi connectivity index (χ0v) is 22.3. The molecule has 3 aromatic carbocycles. The molecule has 0 amide bonds. The zero-order valence-electron chi connectivity index (χ0n) is 21.4. The van der Waals surface area contributed by atoms with Crippen molar-refractivity contribution in [3.63, 3.8) is 0 Å². The fourth-order valence-corrected chi connectivity index (χ4v) is 5.16. The number of benzene rings is 3. The van der Waals surface area contributed by atoms with Gasteiger partial charge in [-0.15, -0.1) is 0 Å². The van der Waals surface area contributed by atoms with Crippen molar-refractivity contribution in [3.8, 4) is 11.5 Å². The average molecular weight is 543 g/mol. The summed E-state index contributed by atoms with van der Waals surface area (Å²) in [5.41, 5.74) is 8.33. The highest BCUT2D eigenvalue weighted by molar-refractivity contribution is 7.91. The summed E-state index contributed by atoms with van der Waals surface area (Å²) in [5.74, 6) is -0.838. The molecule has 0 heterocycles. The molecule has 3 aromatic rings. The molecule has 9 nitrogen and oxygen atoms in total. The number of carbonyl (C=O) groups is 1. The van der Waals surface area contributed by atoms with E-state index in [1.165, 1.54) is 25.3 Å². The van der Waals surface area contributed by atoms with Gasteiger partial charge in [0.15, 0.2) is 15.9 Å². The van der Waals surface area contributed by atoms with Crippen LogP contribution in [0.1, 0.15) is 11.1 Å². The van der Waals surface area contributed by atoms with Crippen LogP contribution < -0.4 is 20.5 Å². The molecule has 4 N–H and O–H groups in total. The van der Waals surface area contributed by atoms with E-state index >= 15 is 0 Å². The summed E-state index contributed by atoms with van der Waals surface area (Å²) in [6, 6.07) is 22.2. The summed E-state index contributed by atoms with van der Waals surface area (Å²) in [4.78, 5) is 12.7. The Labute approximate surface area is 223 Å². The molecule has 0 spiro atoms. The van der Waals surface area contributed by atoms with Crippen LogP contribution in [0.3, 0.4) is 0 Å². The number of sulfone groups is 1. The first kappa shape index (κ1) is 29.1. The van der Waals surface area contributed by atoms with Gasteiger partial charge in [-0.05, 0) is 47.9 Å². The SMILES string of the molecule is COc1cccc(CNCC(OC(=O)C(O)CS(=O)(=O)c2cccc(OC)c2)C(N)Cc2ccccc2)c1. The molecule has 3 atom stereocenters. The van der Waals surface area contributed by atoms with Crippen LogP contribution in [0, 0.1) is 0 Å². The summed E-state index contributed by atoms with van der Waals surface area (Å²) in [6.45, 7) is 0.641. The average Bonchev–Trinajstić information content (AvgIpc) is 2.92. The Balaban J connectivity index is 1.68. The number of esters is 1. The van der Waals surface area contributed by atoms with E-state index in [0.29, 0.717) is 24.5 Å². The Morgan fingerprint density at radius 1 is 0.921 bits per heavy atom. The molecule has 204 valence electrons. The third-order valence-electron chi connectivity index (χ3n) is 5.92. The van der Waals surface area contributed by atoms with Crippen molar-refractivity contribution in [2.24, 2.45) is 5.73 Å². The first-order valence-corrected chi connectivity index (χ1v) is 13.8. The van der Waals surface area contributed by atoms with Crippen LogP contribution in [0.15, 0.2) is 83.8 Å². The molecular weight excluding hydrogens is 508 g/mol. The van der Waals surface area contributed by atoms with E-state index in [2.05, 4.69) is 5.32 Å². The number of methoxy groups -OCH3 is 2. The Morgan fingerprint density at radius 3 is 2.24 bits per heavy atom. The van der Waals surface area contributed by atoms with Gasteiger partial charge in [0.25, 0.3) is 0 Å². The normalized spacial score (nSPS) is 13.8. The fourth-order valence-electron chi connectivity index (χ4n) is 3.83. The summed E-state index contributed by atoms with van der Waals surface area (Å²) < 4.78 is 41.5. The van der Waals surface area contributed by atoms with Crippen molar-refractivity contribution in [1.82, 2.24) is 5.32 Å². The van der Waals surface area contributed by atoms with E-state index in [1.807, 2.05) is 54.6 Å². The highest BCUT2D eigenvalue weighted by Gasteiger charge is 2.30. The number of rotatable bonds is 14. The van der Waals surface area contributed by atoms with Gasteiger partial charge in [-0.25, -0.2) is 13.2 Å². The smallest absolute Gasteiger partial charge is 0.336 e. The molecule has 0 fully saturated rings. The number of hydrogen-bond donors (Lipinski definition) is 3. The quantitative estimate of drug-likeness (QED) is 0.262. The van der Waals surface area contributed by atoms with Crippen molar-refractivity contribution in [1.29, 1.82) is 0 Å². The number of carbonyl (C=O) groups excluding carboxylic acids is 1. The molecule has 0 radical (unpaired) electrons. The highest BCUT2D eigenvalue weighted by Crippen LogP contribution is 2.19. The third-order valence-corrected chi connectivity index (χ3v) is 7.64. The van der Waals surface area contributed by atoms with Gasteiger partial charge in [0.2, 0.25) is 0 Å². The molecule has 0 aliphatic rings. The minimum atomic E-state index is -3.99. The first-order valence-electron chi connectivity index (χ1n) is 12.1. The van der Waals surface area contributed by atoms with Crippen LogP contribution in [-0.2, 0) is 32.3 Å². The first-order chi connectivity index (χ1) is 18.2.